The van der Waals surface area contributed by atoms with Crippen molar-refractivity contribution in [2.75, 3.05) is 5.73 Å². The zero-order valence-electron chi connectivity index (χ0n) is 7.90. The molecular formula is C10H11N3O. The highest BCUT2D eigenvalue weighted by molar-refractivity contribution is 5.72. The summed E-state index contributed by atoms with van der Waals surface area (Å²) in [6.07, 6.45) is 2.48. The first-order valence-corrected chi connectivity index (χ1v) is 4.48. The highest BCUT2D eigenvalue weighted by Crippen LogP contribution is 2.27. The summed E-state index contributed by atoms with van der Waals surface area (Å²) >= 11 is 0. The molecule has 2 aromatic rings. The van der Waals surface area contributed by atoms with Crippen LogP contribution in [0.25, 0.3) is 11.3 Å². The number of hydrogen-bond acceptors (Lipinski definition) is 4. The molecule has 0 aliphatic rings. The Morgan fingerprint density at radius 2 is 2.29 bits per heavy atom. The summed E-state index contributed by atoms with van der Waals surface area (Å²) in [7, 11) is 0. The monoisotopic (exact) mass is 189 g/mol. The van der Waals surface area contributed by atoms with Crippen molar-refractivity contribution < 1.29 is 4.52 Å². The fourth-order valence-corrected chi connectivity index (χ4v) is 1.36. The van der Waals surface area contributed by atoms with Gasteiger partial charge in [0.15, 0.2) is 5.82 Å². The molecule has 0 fully saturated rings. The predicted molar refractivity (Wildman–Crippen MR) is 53.5 cm³/mol. The van der Waals surface area contributed by atoms with E-state index in [4.69, 9.17) is 10.3 Å². The van der Waals surface area contributed by atoms with Crippen molar-refractivity contribution in [2.45, 2.75) is 13.3 Å². The van der Waals surface area contributed by atoms with Crippen LogP contribution in [0.3, 0.4) is 0 Å². The Labute approximate surface area is 81.7 Å². The zero-order valence-corrected chi connectivity index (χ0v) is 7.90. The van der Waals surface area contributed by atoms with Crippen molar-refractivity contribution in [3.05, 3.63) is 30.2 Å². The minimum absolute atomic E-state index is 0.403. The molecule has 0 amide bonds. The van der Waals surface area contributed by atoms with Gasteiger partial charge in [0.2, 0.25) is 0 Å². The molecule has 0 unspecified atom stereocenters. The van der Waals surface area contributed by atoms with Crippen LogP contribution in [0.4, 0.5) is 5.82 Å². The summed E-state index contributed by atoms with van der Waals surface area (Å²) in [5.41, 5.74) is 7.33. The van der Waals surface area contributed by atoms with Gasteiger partial charge < -0.3 is 10.3 Å². The van der Waals surface area contributed by atoms with Crippen LogP contribution < -0.4 is 5.73 Å². The van der Waals surface area contributed by atoms with Gasteiger partial charge in [0, 0.05) is 12.6 Å². The van der Waals surface area contributed by atoms with Crippen molar-refractivity contribution in [1.29, 1.82) is 0 Å². The quantitative estimate of drug-likeness (QED) is 0.783. The third-order valence-corrected chi connectivity index (χ3v) is 2.03. The molecule has 14 heavy (non-hydrogen) atoms. The fraction of sp³-hybridized carbons (Fsp3) is 0.200. The Balaban J connectivity index is 2.55. The van der Waals surface area contributed by atoms with Gasteiger partial charge >= 0.3 is 0 Å². The number of nitrogens with zero attached hydrogens (tertiary/aromatic N) is 2. The first-order chi connectivity index (χ1) is 6.83. The molecule has 72 valence electrons. The molecule has 0 atom stereocenters. The molecule has 0 bridgehead atoms. The van der Waals surface area contributed by atoms with E-state index in [2.05, 4.69) is 10.1 Å². The third kappa shape index (κ3) is 1.35. The summed E-state index contributed by atoms with van der Waals surface area (Å²) in [5, 5.41) is 3.73. The molecule has 0 saturated heterocycles. The van der Waals surface area contributed by atoms with Crippen molar-refractivity contribution in [1.82, 2.24) is 10.1 Å². The second-order valence-electron chi connectivity index (χ2n) is 2.93. The van der Waals surface area contributed by atoms with E-state index in [1.54, 1.807) is 6.20 Å². The van der Waals surface area contributed by atoms with Gasteiger partial charge in [-0.3, -0.25) is 4.98 Å². The van der Waals surface area contributed by atoms with Gasteiger partial charge in [-0.25, -0.2) is 0 Å². The van der Waals surface area contributed by atoms with E-state index in [0.717, 1.165) is 23.4 Å². The molecular weight excluding hydrogens is 178 g/mol. The third-order valence-electron chi connectivity index (χ3n) is 2.03. The number of anilines is 1. The molecule has 4 heteroatoms. The Kier molecular flexibility index (Phi) is 2.18. The average molecular weight is 189 g/mol. The predicted octanol–water partition coefficient (Wildman–Crippen LogP) is 1.88. The molecule has 4 nitrogen and oxygen atoms in total. The van der Waals surface area contributed by atoms with E-state index in [1.807, 2.05) is 25.1 Å². The highest BCUT2D eigenvalue weighted by Gasteiger charge is 2.14. The number of hydrogen-bond donors (Lipinski definition) is 1. The van der Waals surface area contributed by atoms with E-state index < -0.39 is 0 Å². The second-order valence-corrected chi connectivity index (χ2v) is 2.93. The molecule has 0 saturated carbocycles. The molecule has 0 radical (unpaired) electrons. The minimum atomic E-state index is 0.403. The largest absolute Gasteiger partial charge is 0.380 e. The molecule has 2 N–H and O–H groups in total. The van der Waals surface area contributed by atoms with Gasteiger partial charge in [-0.2, -0.15) is 0 Å². The molecule has 0 aliphatic carbocycles. The number of nitrogen functional groups attached to an aromatic ring is 1. The topological polar surface area (TPSA) is 64.9 Å². The van der Waals surface area contributed by atoms with Crippen LogP contribution in [-0.2, 0) is 6.42 Å². The maximum Gasteiger partial charge on any atom is 0.176 e. The van der Waals surface area contributed by atoms with Gasteiger partial charge in [-0.1, -0.05) is 18.1 Å². The average Bonchev–Trinajstić information content (AvgIpc) is 2.61. The van der Waals surface area contributed by atoms with Crippen molar-refractivity contribution in [2.24, 2.45) is 0 Å². The number of aromatic nitrogens is 2. The summed E-state index contributed by atoms with van der Waals surface area (Å²) in [4.78, 5) is 4.21. The molecule has 0 spiro atoms. The Morgan fingerprint density at radius 3 is 2.93 bits per heavy atom. The first kappa shape index (κ1) is 8.74. The van der Waals surface area contributed by atoms with Crippen molar-refractivity contribution in [3.8, 4) is 11.3 Å². The highest BCUT2D eigenvalue weighted by atomic mass is 16.5. The number of pyridine rings is 1. The van der Waals surface area contributed by atoms with E-state index in [1.165, 1.54) is 0 Å². The molecule has 0 aromatic carbocycles. The lowest BCUT2D eigenvalue weighted by atomic mass is 10.1. The minimum Gasteiger partial charge on any atom is -0.380 e. The summed E-state index contributed by atoms with van der Waals surface area (Å²) in [5.74, 6) is 1.18. The Hall–Kier alpha value is -1.84. The number of rotatable bonds is 2. The smallest absolute Gasteiger partial charge is 0.176 e. The number of nitrogens with two attached hydrogens (primary N) is 1. The fourth-order valence-electron chi connectivity index (χ4n) is 1.36. The van der Waals surface area contributed by atoms with Crippen LogP contribution in [0, 0.1) is 0 Å². The van der Waals surface area contributed by atoms with E-state index in [0.29, 0.717) is 5.82 Å². The SMILES string of the molecule is CCc1onc(N)c1-c1ccccn1. The van der Waals surface area contributed by atoms with Gasteiger partial charge in [-0.05, 0) is 12.1 Å². The van der Waals surface area contributed by atoms with Crippen LogP contribution in [-0.4, -0.2) is 10.1 Å². The second kappa shape index (κ2) is 3.49. The molecule has 2 heterocycles. The van der Waals surface area contributed by atoms with Crippen LogP contribution in [0.2, 0.25) is 0 Å². The van der Waals surface area contributed by atoms with Gasteiger partial charge in [0.25, 0.3) is 0 Å². The van der Waals surface area contributed by atoms with Crippen LogP contribution >= 0.6 is 0 Å². The van der Waals surface area contributed by atoms with E-state index >= 15 is 0 Å². The maximum absolute atomic E-state index is 5.70. The summed E-state index contributed by atoms with van der Waals surface area (Å²) < 4.78 is 5.08. The lowest BCUT2D eigenvalue weighted by molar-refractivity contribution is 0.390. The maximum atomic E-state index is 5.70. The van der Waals surface area contributed by atoms with Crippen LogP contribution in [0.5, 0.6) is 0 Å². The first-order valence-electron chi connectivity index (χ1n) is 4.48. The Bertz CT molecular complexity index is 422. The van der Waals surface area contributed by atoms with E-state index in [-0.39, 0.29) is 0 Å². The molecule has 2 aromatic heterocycles. The molecule has 2 rings (SSSR count). The normalized spacial score (nSPS) is 10.4. The molecule has 0 aliphatic heterocycles. The van der Waals surface area contributed by atoms with Gasteiger partial charge in [0.1, 0.15) is 5.76 Å². The summed E-state index contributed by atoms with van der Waals surface area (Å²) in [6, 6.07) is 5.66. The number of aryl methyl sites for hydroxylation is 1. The van der Waals surface area contributed by atoms with Gasteiger partial charge in [0.05, 0.1) is 11.3 Å². The van der Waals surface area contributed by atoms with E-state index in [9.17, 15) is 0 Å². The van der Waals surface area contributed by atoms with Gasteiger partial charge in [-0.15, -0.1) is 0 Å². The Morgan fingerprint density at radius 1 is 1.43 bits per heavy atom. The standard InChI is InChI=1S/C10H11N3O/c1-2-8-9(10(11)13-14-8)7-5-3-4-6-12-7/h3-6H,2H2,1H3,(H2,11,13). The van der Waals surface area contributed by atoms with Crippen molar-refractivity contribution >= 4 is 5.82 Å². The zero-order chi connectivity index (χ0) is 9.97. The van der Waals surface area contributed by atoms with Crippen LogP contribution in [0.1, 0.15) is 12.7 Å². The van der Waals surface area contributed by atoms with Crippen molar-refractivity contribution in [3.63, 3.8) is 0 Å². The summed E-state index contributed by atoms with van der Waals surface area (Å²) in [6.45, 7) is 1.99. The van der Waals surface area contributed by atoms with Crippen LogP contribution in [0.15, 0.2) is 28.9 Å². The lowest BCUT2D eigenvalue weighted by Gasteiger charge is -1.98. The lowest BCUT2D eigenvalue weighted by Crippen LogP contribution is -1.91.